The Kier molecular flexibility index (Phi) is 9.20. The highest BCUT2D eigenvalue weighted by molar-refractivity contribution is 9.10. The topological polar surface area (TPSA) is 39.7 Å². The molecule has 19 heavy (non-hydrogen) atoms. The zero-order valence-corrected chi connectivity index (χ0v) is 13.3. The van der Waals surface area contributed by atoms with Gasteiger partial charge >= 0.3 is 0 Å². The molecular weight excluding hydrogens is 334 g/mol. The highest BCUT2D eigenvalue weighted by Gasteiger charge is 1.98. The van der Waals surface area contributed by atoms with Gasteiger partial charge in [0.25, 0.3) is 0 Å². The maximum Gasteiger partial charge on any atom is 0.0701 e. The van der Waals surface area contributed by atoms with Crippen LogP contribution in [0.5, 0.6) is 0 Å². The Hall–Kier alpha value is -0.330. The number of benzene rings is 1. The van der Waals surface area contributed by atoms with E-state index >= 15 is 0 Å². The van der Waals surface area contributed by atoms with E-state index in [1.807, 2.05) is 18.2 Å². The summed E-state index contributed by atoms with van der Waals surface area (Å²) in [7, 11) is 1.65. The number of hydrogen-bond acceptors (Lipinski definition) is 4. The Morgan fingerprint density at radius 2 is 1.79 bits per heavy atom. The lowest BCUT2D eigenvalue weighted by molar-refractivity contribution is 0.0272. The molecule has 1 aromatic rings. The molecule has 0 saturated carbocycles. The normalized spacial score (nSPS) is 10.7. The smallest absolute Gasteiger partial charge is 0.0701 e. The van der Waals surface area contributed by atoms with Crippen molar-refractivity contribution >= 4 is 33.2 Å². The third-order valence-electron chi connectivity index (χ3n) is 2.30. The van der Waals surface area contributed by atoms with Gasteiger partial charge in [0.05, 0.1) is 38.1 Å². The lowest BCUT2D eigenvalue weighted by Gasteiger charge is -2.08. The Morgan fingerprint density at radius 1 is 1.11 bits per heavy atom. The van der Waals surface area contributed by atoms with Crippen LogP contribution >= 0.6 is 27.5 Å². The van der Waals surface area contributed by atoms with Gasteiger partial charge in [-0.3, -0.25) is 0 Å². The number of ether oxygens (including phenoxy) is 3. The highest BCUT2D eigenvalue weighted by Crippen LogP contribution is 2.25. The summed E-state index contributed by atoms with van der Waals surface area (Å²) in [6.45, 7) is 3.76. The van der Waals surface area contributed by atoms with Gasteiger partial charge in [-0.15, -0.1) is 0 Å². The van der Waals surface area contributed by atoms with E-state index in [0.29, 0.717) is 38.1 Å². The molecule has 0 atom stereocenters. The number of halogens is 2. The molecule has 1 rings (SSSR count). The summed E-state index contributed by atoms with van der Waals surface area (Å²) in [5.74, 6) is 0. The molecule has 0 radical (unpaired) electrons. The van der Waals surface area contributed by atoms with Crippen LogP contribution in [0.4, 0.5) is 5.69 Å². The fourth-order valence-electron chi connectivity index (χ4n) is 1.34. The highest BCUT2D eigenvalue weighted by atomic mass is 79.9. The summed E-state index contributed by atoms with van der Waals surface area (Å²) >= 11 is 9.34. The van der Waals surface area contributed by atoms with Gasteiger partial charge in [0.1, 0.15) is 0 Å². The van der Waals surface area contributed by atoms with Crippen molar-refractivity contribution < 1.29 is 14.2 Å². The number of anilines is 1. The van der Waals surface area contributed by atoms with Crippen LogP contribution in [0.25, 0.3) is 0 Å². The second kappa shape index (κ2) is 10.5. The largest absolute Gasteiger partial charge is 0.383 e. The molecule has 0 unspecified atom stereocenters. The zero-order chi connectivity index (χ0) is 13.9. The predicted octanol–water partition coefficient (Wildman–Crippen LogP) is 3.19. The molecule has 0 aliphatic rings. The fraction of sp³-hybridized carbons (Fsp3) is 0.538. The standard InChI is InChI=1S/C13H19BrClNO3/c1-17-6-7-19-9-8-18-5-4-16-11-2-3-12(14)13(15)10-11/h2-3,10,16H,4-9H2,1H3. The van der Waals surface area contributed by atoms with Crippen molar-refractivity contribution in [3.63, 3.8) is 0 Å². The first kappa shape index (κ1) is 16.7. The molecule has 0 amide bonds. The van der Waals surface area contributed by atoms with E-state index in [1.54, 1.807) is 7.11 Å². The van der Waals surface area contributed by atoms with Gasteiger partial charge in [0, 0.05) is 23.8 Å². The van der Waals surface area contributed by atoms with Crippen LogP contribution in [0.15, 0.2) is 22.7 Å². The van der Waals surface area contributed by atoms with Crippen molar-refractivity contribution in [2.75, 3.05) is 52.0 Å². The van der Waals surface area contributed by atoms with Gasteiger partial charge in [-0.2, -0.15) is 0 Å². The average molecular weight is 353 g/mol. The second-order valence-corrected chi connectivity index (χ2v) is 5.03. The molecule has 0 aliphatic carbocycles. The molecule has 0 bridgehead atoms. The Balaban J connectivity index is 2.00. The molecule has 4 nitrogen and oxygen atoms in total. The SMILES string of the molecule is COCCOCCOCCNc1ccc(Br)c(Cl)c1. The summed E-state index contributed by atoms with van der Waals surface area (Å²) in [5, 5.41) is 3.92. The van der Waals surface area contributed by atoms with Gasteiger partial charge < -0.3 is 19.5 Å². The molecule has 1 N–H and O–H groups in total. The quantitative estimate of drug-likeness (QED) is 0.657. The van der Waals surface area contributed by atoms with Gasteiger partial charge in [0.2, 0.25) is 0 Å². The Morgan fingerprint density at radius 3 is 2.47 bits per heavy atom. The first-order chi connectivity index (χ1) is 9.24. The van der Waals surface area contributed by atoms with Crippen molar-refractivity contribution in [3.8, 4) is 0 Å². The monoisotopic (exact) mass is 351 g/mol. The third-order valence-corrected chi connectivity index (χ3v) is 3.53. The first-order valence-electron chi connectivity index (χ1n) is 6.07. The van der Waals surface area contributed by atoms with Crippen LogP contribution in [0.2, 0.25) is 5.02 Å². The van der Waals surface area contributed by atoms with Gasteiger partial charge in [0.15, 0.2) is 0 Å². The van der Waals surface area contributed by atoms with Crippen molar-refractivity contribution in [2.45, 2.75) is 0 Å². The molecular formula is C13H19BrClNO3. The van der Waals surface area contributed by atoms with Crippen molar-refractivity contribution in [1.29, 1.82) is 0 Å². The van der Waals surface area contributed by atoms with E-state index in [1.165, 1.54) is 0 Å². The van der Waals surface area contributed by atoms with Crippen molar-refractivity contribution in [1.82, 2.24) is 0 Å². The summed E-state index contributed by atoms with van der Waals surface area (Å²) in [4.78, 5) is 0. The number of nitrogens with one attached hydrogen (secondary N) is 1. The molecule has 108 valence electrons. The van der Waals surface area contributed by atoms with E-state index in [2.05, 4.69) is 21.2 Å². The number of methoxy groups -OCH3 is 1. The Bertz CT molecular complexity index is 366. The van der Waals surface area contributed by atoms with E-state index in [4.69, 9.17) is 25.8 Å². The minimum absolute atomic E-state index is 0.590. The number of rotatable bonds is 10. The van der Waals surface area contributed by atoms with E-state index < -0.39 is 0 Å². The third kappa shape index (κ3) is 7.74. The van der Waals surface area contributed by atoms with E-state index in [-0.39, 0.29) is 0 Å². The molecule has 6 heteroatoms. The van der Waals surface area contributed by atoms with Gasteiger partial charge in [-0.1, -0.05) is 11.6 Å². The Labute approximate surface area is 127 Å². The van der Waals surface area contributed by atoms with Gasteiger partial charge in [-0.25, -0.2) is 0 Å². The molecule has 0 saturated heterocycles. The summed E-state index contributed by atoms with van der Waals surface area (Å²) in [6.07, 6.45) is 0. The van der Waals surface area contributed by atoms with Crippen LogP contribution in [0, 0.1) is 0 Å². The van der Waals surface area contributed by atoms with Crippen LogP contribution in [0.1, 0.15) is 0 Å². The van der Waals surface area contributed by atoms with Gasteiger partial charge in [-0.05, 0) is 34.1 Å². The lowest BCUT2D eigenvalue weighted by Crippen LogP contribution is -2.13. The summed E-state index contributed by atoms with van der Waals surface area (Å²) in [6, 6.07) is 5.75. The van der Waals surface area contributed by atoms with Crippen LogP contribution in [-0.4, -0.2) is 46.7 Å². The van der Waals surface area contributed by atoms with Crippen molar-refractivity contribution in [2.24, 2.45) is 0 Å². The van der Waals surface area contributed by atoms with Crippen LogP contribution in [-0.2, 0) is 14.2 Å². The maximum absolute atomic E-state index is 5.99. The van der Waals surface area contributed by atoms with Crippen molar-refractivity contribution in [3.05, 3.63) is 27.7 Å². The molecule has 1 aromatic carbocycles. The molecule has 0 heterocycles. The van der Waals surface area contributed by atoms with Crippen LogP contribution in [0.3, 0.4) is 0 Å². The summed E-state index contributed by atoms with van der Waals surface area (Å²) in [5.41, 5.74) is 0.980. The first-order valence-corrected chi connectivity index (χ1v) is 7.24. The molecule has 0 fully saturated rings. The minimum atomic E-state index is 0.590. The van der Waals surface area contributed by atoms with E-state index in [9.17, 15) is 0 Å². The van der Waals surface area contributed by atoms with Crippen LogP contribution < -0.4 is 5.32 Å². The average Bonchev–Trinajstić information content (AvgIpc) is 2.41. The predicted molar refractivity (Wildman–Crippen MR) is 81.2 cm³/mol. The summed E-state index contributed by atoms with van der Waals surface area (Å²) < 4.78 is 16.5. The fourth-order valence-corrected chi connectivity index (χ4v) is 1.77. The lowest BCUT2D eigenvalue weighted by atomic mass is 10.3. The molecule has 0 spiro atoms. The zero-order valence-electron chi connectivity index (χ0n) is 11.0. The molecule has 0 aromatic heterocycles. The maximum atomic E-state index is 5.99. The number of hydrogen-bond donors (Lipinski definition) is 1. The van der Waals surface area contributed by atoms with E-state index in [0.717, 1.165) is 16.7 Å². The minimum Gasteiger partial charge on any atom is -0.383 e. The second-order valence-electron chi connectivity index (χ2n) is 3.77. The molecule has 0 aliphatic heterocycles.